The molecule has 0 bridgehead atoms. The summed E-state index contributed by atoms with van der Waals surface area (Å²) >= 11 is 1.42. The number of carboxylic acids is 1. The molecule has 0 aliphatic carbocycles. The van der Waals surface area contributed by atoms with Crippen LogP contribution < -0.4 is 27.0 Å². The molecule has 0 saturated carbocycles. The molecule has 2 rings (SSSR count). The molecule has 0 saturated heterocycles. The highest BCUT2D eigenvalue weighted by Gasteiger charge is 2.27. The number of aromatic hydroxyl groups is 2. The SMILES string of the molecule is CSCCC(NC(=O)C(Cc1ccc(O)cc1)NC(=O)CNC(=O)CNC(=O)C(N)Cc1ccc(O)cc1)C(=O)O.Cl. The maximum absolute atomic E-state index is 13.0. The van der Waals surface area contributed by atoms with Crippen LogP contribution in [-0.2, 0) is 36.8 Å². The Kier molecular flexibility index (Phi) is 15.8. The third-order valence-corrected chi connectivity index (χ3v) is 6.50. The van der Waals surface area contributed by atoms with Crippen molar-refractivity contribution < 1.29 is 39.3 Å². The highest BCUT2D eigenvalue weighted by molar-refractivity contribution is 7.98. The first kappa shape index (κ1) is 36.0. The number of carbonyl (C=O) groups is 5. The molecule has 3 atom stereocenters. The number of nitrogens with two attached hydrogens (primary N) is 1. The topological polar surface area (TPSA) is 220 Å². The van der Waals surface area contributed by atoms with Crippen LogP contribution in [0.5, 0.6) is 11.5 Å². The van der Waals surface area contributed by atoms with Crippen molar-refractivity contribution in [3.63, 3.8) is 0 Å². The number of aliphatic carboxylic acids is 1. The van der Waals surface area contributed by atoms with Gasteiger partial charge in [0.15, 0.2) is 0 Å². The van der Waals surface area contributed by atoms with Crippen molar-refractivity contribution in [1.82, 2.24) is 21.3 Å². The largest absolute Gasteiger partial charge is 0.508 e. The number of phenolic OH excluding ortho intramolecular Hbond substituents is 2. The van der Waals surface area contributed by atoms with Crippen molar-refractivity contribution in [3.8, 4) is 11.5 Å². The minimum atomic E-state index is -1.21. The molecule has 13 nitrogen and oxygen atoms in total. The lowest BCUT2D eigenvalue weighted by Gasteiger charge is -2.22. The Bertz CT molecular complexity index is 1200. The van der Waals surface area contributed by atoms with Crippen molar-refractivity contribution in [2.45, 2.75) is 37.4 Å². The minimum Gasteiger partial charge on any atom is -0.508 e. The van der Waals surface area contributed by atoms with Gasteiger partial charge in [-0.3, -0.25) is 19.2 Å². The van der Waals surface area contributed by atoms with Gasteiger partial charge in [-0.1, -0.05) is 24.3 Å². The Balaban J connectivity index is 0.00000882. The zero-order chi connectivity index (χ0) is 30.4. The summed E-state index contributed by atoms with van der Waals surface area (Å²) in [5.74, 6) is -3.32. The van der Waals surface area contributed by atoms with Crippen LogP contribution in [0.15, 0.2) is 48.5 Å². The first-order valence-electron chi connectivity index (χ1n) is 12.7. The first-order valence-corrected chi connectivity index (χ1v) is 14.0. The molecule has 0 radical (unpaired) electrons. The van der Waals surface area contributed by atoms with Gasteiger partial charge in [-0.05, 0) is 60.2 Å². The maximum Gasteiger partial charge on any atom is 0.326 e. The van der Waals surface area contributed by atoms with Crippen LogP contribution in [0.4, 0.5) is 0 Å². The summed E-state index contributed by atoms with van der Waals surface area (Å²) in [4.78, 5) is 61.5. The van der Waals surface area contributed by atoms with E-state index in [9.17, 15) is 39.3 Å². The van der Waals surface area contributed by atoms with E-state index in [4.69, 9.17) is 5.73 Å². The third-order valence-electron chi connectivity index (χ3n) is 5.85. The summed E-state index contributed by atoms with van der Waals surface area (Å²) in [5, 5.41) is 38.0. The molecular formula is C27H36ClN5O8S. The van der Waals surface area contributed by atoms with Crippen LogP contribution in [0.1, 0.15) is 17.5 Å². The molecule has 0 aliphatic rings. The number of rotatable bonds is 16. The number of halogens is 1. The molecule has 230 valence electrons. The van der Waals surface area contributed by atoms with Crippen LogP contribution in [0.3, 0.4) is 0 Å². The average molecular weight is 626 g/mol. The van der Waals surface area contributed by atoms with Gasteiger partial charge in [0.05, 0.1) is 19.1 Å². The summed E-state index contributed by atoms with van der Waals surface area (Å²) in [6, 6.07) is 8.84. The van der Waals surface area contributed by atoms with Crippen LogP contribution in [0.2, 0.25) is 0 Å². The molecule has 15 heteroatoms. The second-order valence-corrected chi connectivity index (χ2v) is 10.1. The van der Waals surface area contributed by atoms with E-state index in [0.717, 1.165) is 5.56 Å². The number of carbonyl (C=O) groups excluding carboxylic acids is 4. The van der Waals surface area contributed by atoms with E-state index in [-0.39, 0.29) is 43.2 Å². The van der Waals surface area contributed by atoms with Crippen LogP contribution >= 0.6 is 24.2 Å². The average Bonchev–Trinajstić information content (AvgIpc) is 2.94. The van der Waals surface area contributed by atoms with Gasteiger partial charge in [0.1, 0.15) is 23.6 Å². The Hall–Kier alpha value is -4.01. The molecule has 0 spiro atoms. The number of thioether (sulfide) groups is 1. The van der Waals surface area contributed by atoms with E-state index in [1.54, 1.807) is 30.5 Å². The molecular weight excluding hydrogens is 590 g/mol. The van der Waals surface area contributed by atoms with Crippen molar-refractivity contribution >= 4 is 53.8 Å². The maximum atomic E-state index is 13.0. The van der Waals surface area contributed by atoms with Gasteiger partial charge in [-0.25, -0.2) is 4.79 Å². The summed E-state index contributed by atoms with van der Waals surface area (Å²) in [6.45, 7) is -0.953. The molecule has 0 aliphatic heterocycles. The Morgan fingerprint density at radius 2 is 1.29 bits per heavy atom. The fraction of sp³-hybridized carbons (Fsp3) is 0.370. The Morgan fingerprint density at radius 1 is 0.762 bits per heavy atom. The predicted molar refractivity (Wildman–Crippen MR) is 159 cm³/mol. The molecule has 3 unspecified atom stereocenters. The number of nitrogens with one attached hydrogen (secondary N) is 4. The number of benzene rings is 2. The normalized spacial score (nSPS) is 12.5. The first-order chi connectivity index (χ1) is 19.5. The van der Waals surface area contributed by atoms with E-state index >= 15 is 0 Å². The lowest BCUT2D eigenvalue weighted by atomic mass is 10.0. The van der Waals surface area contributed by atoms with Gasteiger partial charge in [-0.15, -0.1) is 12.4 Å². The van der Waals surface area contributed by atoms with Crippen LogP contribution in [0.25, 0.3) is 0 Å². The molecule has 2 aromatic rings. The molecule has 4 amide bonds. The summed E-state index contributed by atoms with van der Waals surface area (Å²) in [7, 11) is 0. The van der Waals surface area contributed by atoms with E-state index in [1.807, 2.05) is 0 Å². The predicted octanol–water partition coefficient (Wildman–Crippen LogP) is -0.328. The number of amides is 4. The van der Waals surface area contributed by atoms with E-state index in [2.05, 4.69) is 21.3 Å². The van der Waals surface area contributed by atoms with E-state index in [0.29, 0.717) is 11.3 Å². The summed E-state index contributed by atoms with van der Waals surface area (Å²) in [5.41, 5.74) is 7.18. The lowest BCUT2D eigenvalue weighted by molar-refractivity contribution is -0.142. The fourth-order valence-electron chi connectivity index (χ4n) is 3.61. The number of carboxylic acid groups (broad SMARTS) is 1. The fourth-order valence-corrected chi connectivity index (χ4v) is 4.08. The highest BCUT2D eigenvalue weighted by atomic mass is 35.5. The zero-order valence-electron chi connectivity index (χ0n) is 22.9. The van der Waals surface area contributed by atoms with Gasteiger partial charge in [0.25, 0.3) is 0 Å². The van der Waals surface area contributed by atoms with E-state index < -0.39 is 60.8 Å². The molecule has 0 heterocycles. The molecule has 9 N–H and O–H groups in total. The van der Waals surface area contributed by atoms with E-state index in [1.165, 1.54) is 36.0 Å². The number of hydrogen-bond acceptors (Lipinski definition) is 9. The van der Waals surface area contributed by atoms with Crippen LogP contribution in [0, 0.1) is 0 Å². The van der Waals surface area contributed by atoms with Crippen molar-refractivity contribution in [2.75, 3.05) is 25.1 Å². The van der Waals surface area contributed by atoms with Gasteiger partial charge in [-0.2, -0.15) is 11.8 Å². The zero-order valence-corrected chi connectivity index (χ0v) is 24.5. The standard InChI is InChI=1S/C27H35N5O8S.ClH/c1-41-11-10-21(27(39)40)32-26(38)22(13-17-4-8-19(34)9-5-17)31-24(36)15-29-23(35)14-30-25(37)20(28)12-16-2-6-18(33)7-3-16;/h2-9,20-22,33-34H,10-15,28H2,1H3,(H,29,35)(H,30,37)(H,31,36)(H,32,38)(H,39,40);1H. The van der Waals surface area contributed by atoms with Gasteiger partial charge < -0.3 is 42.3 Å². The molecule has 42 heavy (non-hydrogen) atoms. The van der Waals surface area contributed by atoms with Crippen molar-refractivity contribution in [2.24, 2.45) is 5.73 Å². The van der Waals surface area contributed by atoms with Crippen molar-refractivity contribution in [3.05, 3.63) is 59.7 Å². The monoisotopic (exact) mass is 625 g/mol. The highest BCUT2D eigenvalue weighted by Crippen LogP contribution is 2.12. The third kappa shape index (κ3) is 13.1. The molecule has 0 aromatic heterocycles. The second-order valence-electron chi connectivity index (χ2n) is 9.14. The second kappa shape index (κ2) is 18.4. The van der Waals surface area contributed by atoms with Gasteiger partial charge >= 0.3 is 5.97 Å². The summed E-state index contributed by atoms with van der Waals surface area (Å²) in [6.07, 6.45) is 2.17. The van der Waals surface area contributed by atoms with Gasteiger partial charge in [0.2, 0.25) is 23.6 Å². The van der Waals surface area contributed by atoms with Crippen molar-refractivity contribution in [1.29, 1.82) is 0 Å². The minimum absolute atomic E-state index is 0. The molecule has 0 fully saturated rings. The Morgan fingerprint density at radius 3 is 1.81 bits per heavy atom. The molecule has 2 aromatic carbocycles. The number of phenols is 2. The van der Waals surface area contributed by atoms with Crippen LogP contribution in [-0.4, -0.2) is 88.1 Å². The quantitative estimate of drug-likeness (QED) is 0.121. The van der Waals surface area contributed by atoms with Gasteiger partial charge in [0, 0.05) is 6.42 Å². The summed E-state index contributed by atoms with van der Waals surface area (Å²) < 4.78 is 0. The lowest BCUT2D eigenvalue weighted by Crippen LogP contribution is -2.54. The smallest absolute Gasteiger partial charge is 0.326 e. The Labute approximate surface area is 253 Å². The number of hydrogen-bond donors (Lipinski definition) is 8.